The van der Waals surface area contributed by atoms with Crippen LogP contribution in [0.25, 0.3) is 0 Å². The molecule has 2 rings (SSSR count). The number of aliphatic hydroxyl groups is 1. The molecule has 0 aromatic heterocycles. The third kappa shape index (κ3) is 5.27. The van der Waals surface area contributed by atoms with Crippen molar-refractivity contribution >= 4 is 18.2 Å². The van der Waals surface area contributed by atoms with Gasteiger partial charge in [0.1, 0.15) is 11.5 Å². The van der Waals surface area contributed by atoms with Gasteiger partial charge in [-0.05, 0) is 54.1 Å². The molecule has 0 saturated heterocycles. The molecule has 8 heteroatoms. The number of hydrogen-bond acceptors (Lipinski definition) is 5. The third-order valence-corrected chi connectivity index (χ3v) is 5.33. The quantitative estimate of drug-likeness (QED) is 0.505. The van der Waals surface area contributed by atoms with Crippen molar-refractivity contribution in [2.24, 2.45) is 0 Å². The number of hydrogen-bond donors (Lipinski definition) is 5. The first kappa shape index (κ1) is 17.8. The zero-order valence-corrected chi connectivity index (χ0v) is 13.7. The molecule has 124 valence electrons. The maximum Gasteiger partial charge on any atom is 0.388 e. The molecule has 0 radical (unpaired) electrons. The molecule has 0 fully saturated rings. The number of phenols is 2. The van der Waals surface area contributed by atoms with Crippen molar-refractivity contribution in [2.75, 3.05) is 0 Å². The Labute approximate surface area is 137 Å². The fraction of sp³-hybridized carbons (Fsp3) is 0.200. The number of aromatic hydroxyl groups is 2. The van der Waals surface area contributed by atoms with Gasteiger partial charge in [0.05, 0.1) is 6.10 Å². The molecule has 0 spiro atoms. The lowest BCUT2D eigenvalue weighted by molar-refractivity contribution is 0.161. The van der Waals surface area contributed by atoms with Crippen LogP contribution in [0.1, 0.15) is 23.7 Å². The standard InChI is InChI=1S/C15H17O6PS/c16-11-7-4-10(5-8-11)6-9-13(18)15-12(17)2-1-3-14(15)23-22(19,20)21/h1-5,7-8,13,16-18H,6,9H2,(H2,19,20,21). The Morgan fingerprint density at radius 3 is 2.30 bits per heavy atom. The molecule has 2 aromatic rings. The molecule has 5 N–H and O–H groups in total. The third-order valence-electron chi connectivity index (χ3n) is 3.24. The molecule has 6 nitrogen and oxygen atoms in total. The van der Waals surface area contributed by atoms with Crippen LogP contribution in [0.4, 0.5) is 0 Å². The summed E-state index contributed by atoms with van der Waals surface area (Å²) in [6.07, 6.45) is -0.327. The Balaban J connectivity index is 2.16. The van der Waals surface area contributed by atoms with Gasteiger partial charge in [-0.2, -0.15) is 0 Å². The summed E-state index contributed by atoms with van der Waals surface area (Å²) in [7, 11) is 0. The van der Waals surface area contributed by atoms with Crippen LogP contribution < -0.4 is 0 Å². The highest BCUT2D eigenvalue weighted by molar-refractivity contribution is 8.54. The van der Waals surface area contributed by atoms with Crippen molar-refractivity contribution in [1.82, 2.24) is 0 Å². The van der Waals surface area contributed by atoms with Gasteiger partial charge in [0, 0.05) is 10.5 Å². The van der Waals surface area contributed by atoms with Crippen LogP contribution >= 0.6 is 18.2 Å². The predicted molar refractivity (Wildman–Crippen MR) is 87.4 cm³/mol. The topological polar surface area (TPSA) is 118 Å². The summed E-state index contributed by atoms with van der Waals surface area (Å²) in [5.74, 6) is -0.0583. The largest absolute Gasteiger partial charge is 0.508 e. The number of benzene rings is 2. The Kier molecular flexibility index (Phi) is 5.73. The van der Waals surface area contributed by atoms with Crippen molar-refractivity contribution in [3.8, 4) is 11.5 Å². The Morgan fingerprint density at radius 1 is 1.04 bits per heavy atom. The molecule has 0 saturated carbocycles. The van der Waals surface area contributed by atoms with Crippen LogP contribution in [-0.2, 0) is 11.0 Å². The second-order valence-electron chi connectivity index (χ2n) is 4.99. The van der Waals surface area contributed by atoms with Crippen LogP contribution in [-0.4, -0.2) is 25.1 Å². The second-order valence-corrected chi connectivity index (χ2v) is 8.57. The van der Waals surface area contributed by atoms with Crippen molar-refractivity contribution in [1.29, 1.82) is 0 Å². The summed E-state index contributed by atoms with van der Waals surface area (Å²) in [5.41, 5.74) is 1.00. The van der Waals surface area contributed by atoms with E-state index in [1.807, 2.05) is 0 Å². The summed E-state index contributed by atoms with van der Waals surface area (Å²) in [4.78, 5) is 18.3. The summed E-state index contributed by atoms with van der Waals surface area (Å²) < 4.78 is 11.2. The highest BCUT2D eigenvalue weighted by Crippen LogP contribution is 2.56. The highest BCUT2D eigenvalue weighted by atomic mass is 32.7. The molecule has 2 aromatic carbocycles. The van der Waals surface area contributed by atoms with E-state index in [1.54, 1.807) is 12.1 Å². The lowest BCUT2D eigenvalue weighted by atomic mass is 10.0. The van der Waals surface area contributed by atoms with E-state index in [9.17, 15) is 19.9 Å². The van der Waals surface area contributed by atoms with E-state index in [-0.39, 0.29) is 28.4 Å². The van der Waals surface area contributed by atoms with Gasteiger partial charge in [0.25, 0.3) is 0 Å². The summed E-state index contributed by atoms with van der Waals surface area (Å²) in [5, 5.41) is 29.5. The summed E-state index contributed by atoms with van der Waals surface area (Å²) >= 11 is 0.307. The van der Waals surface area contributed by atoms with E-state index in [1.165, 1.54) is 30.3 Å². The monoisotopic (exact) mass is 356 g/mol. The Hall–Kier alpha value is -1.50. The van der Waals surface area contributed by atoms with E-state index in [4.69, 9.17) is 9.79 Å². The van der Waals surface area contributed by atoms with Crippen molar-refractivity contribution in [2.45, 2.75) is 23.8 Å². The number of aryl methyl sites for hydroxylation is 1. The smallest absolute Gasteiger partial charge is 0.388 e. The highest BCUT2D eigenvalue weighted by Gasteiger charge is 2.23. The van der Waals surface area contributed by atoms with Gasteiger partial charge in [0.2, 0.25) is 0 Å². The molecule has 23 heavy (non-hydrogen) atoms. The van der Waals surface area contributed by atoms with Gasteiger partial charge >= 0.3 is 6.80 Å². The Bertz CT molecular complexity index is 712. The van der Waals surface area contributed by atoms with Crippen LogP contribution in [0.2, 0.25) is 0 Å². The Morgan fingerprint density at radius 2 is 1.70 bits per heavy atom. The van der Waals surface area contributed by atoms with Crippen molar-refractivity contribution < 1.29 is 29.7 Å². The molecule has 0 heterocycles. The second kappa shape index (κ2) is 7.38. The molecule has 0 aliphatic rings. The number of rotatable bonds is 6. The number of phenolic OH excluding ortho intramolecular Hbond substituents is 2. The summed E-state index contributed by atoms with van der Waals surface area (Å²) in [6, 6.07) is 10.8. The lowest BCUT2D eigenvalue weighted by Crippen LogP contribution is -2.02. The average molecular weight is 356 g/mol. The van der Waals surface area contributed by atoms with Gasteiger partial charge in [-0.3, -0.25) is 0 Å². The maximum atomic E-state index is 11.2. The average Bonchev–Trinajstić information content (AvgIpc) is 2.45. The zero-order valence-electron chi connectivity index (χ0n) is 12.0. The minimum Gasteiger partial charge on any atom is -0.508 e. The fourth-order valence-corrected chi connectivity index (χ4v) is 4.17. The minimum absolute atomic E-state index is 0.111. The van der Waals surface area contributed by atoms with Crippen LogP contribution in [0.15, 0.2) is 47.4 Å². The fourth-order valence-electron chi connectivity index (χ4n) is 2.19. The first-order chi connectivity index (χ1) is 10.8. The molecule has 0 aliphatic carbocycles. The van der Waals surface area contributed by atoms with Crippen LogP contribution in [0.5, 0.6) is 11.5 Å². The lowest BCUT2D eigenvalue weighted by Gasteiger charge is -2.17. The summed E-state index contributed by atoms with van der Waals surface area (Å²) in [6.45, 7) is -4.39. The molecular weight excluding hydrogens is 339 g/mol. The minimum atomic E-state index is -4.39. The van der Waals surface area contributed by atoms with E-state index < -0.39 is 12.9 Å². The predicted octanol–water partition coefficient (Wildman–Crippen LogP) is 2.95. The van der Waals surface area contributed by atoms with Gasteiger partial charge in [-0.15, -0.1) is 0 Å². The van der Waals surface area contributed by atoms with E-state index in [0.717, 1.165) is 5.56 Å². The molecule has 0 amide bonds. The maximum absolute atomic E-state index is 11.2. The van der Waals surface area contributed by atoms with Gasteiger partial charge in [-0.1, -0.05) is 18.2 Å². The molecule has 1 unspecified atom stereocenters. The van der Waals surface area contributed by atoms with Crippen molar-refractivity contribution in [3.05, 3.63) is 53.6 Å². The molecule has 1 atom stereocenters. The van der Waals surface area contributed by atoms with Gasteiger partial charge in [0.15, 0.2) is 0 Å². The molecular formula is C15H17O6PS. The SMILES string of the molecule is O=P(O)(O)Sc1cccc(O)c1C(O)CCc1ccc(O)cc1. The van der Waals surface area contributed by atoms with Gasteiger partial charge in [-0.25, -0.2) is 4.57 Å². The van der Waals surface area contributed by atoms with Crippen LogP contribution in [0, 0.1) is 0 Å². The van der Waals surface area contributed by atoms with Crippen molar-refractivity contribution in [3.63, 3.8) is 0 Å². The first-order valence-corrected chi connectivity index (χ1v) is 9.82. The van der Waals surface area contributed by atoms with E-state index in [0.29, 0.717) is 17.8 Å². The van der Waals surface area contributed by atoms with Gasteiger partial charge < -0.3 is 25.1 Å². The first-order valence-electron chi connectivity index (χ1n) is 6.79. The van der Waals surface area contributed by atoms with Crippen LogP contribution in [0.3, 0.4) is 0 Å². The zero-order chi connectivity index (χ0) is 17.0. The van der Waals surface area contributed by atoms with E-state index >= 15 is 0 Å². The normalized spacial score (nSPS) is 13.0. The molecule has 0 aliphatic heterocycles. The van der Waals surface area contributed by atoms with E-state index in [2.05, 4.69) is 0 Å². The number of aliphatic hydroxyl groups excluding tert-OH is 1. The molecule has 0 bridgehead atoms.